The van der Waals surface area contributed by atoms with E-state index in [4.69, 9.17) is 18.5 Å². The van der Waals surface area contributed by atoms with Gasteiger partial charge in [0.2, 0.25) is 0 Å². The molecule has 0 aromatic rings. The number of carbonyl (C=O) groups excluding carboxylic acids is 1. The Labute approximate surface area is 310 Å². The molecule has 0 aliphatic heterocycles. The van der Waals surface area contributed by atoms with Gasteiger partial charge in [0.1, 0.15) is 19.3 Å². The van der Waals surface area contributed by atoms with Crippen molar-refractivity contribution in [3.05, 3.63) is 12.2 Å². The molecular weight excluding hydrogens is 649 g/mol. The van der Waals surface area contributed by atoms with Gasteiger partial charge in [0.05, 0.1) is 34.4 Å². The Morgan fingerprint density at radius 3 is 1.52 bits per heavy atom. The van der Waals surface area contributed by atoms with Crippen molar-refractivity contribution in [2.45, 2.75) is 193 Å². The van der Waals surface area contributed by atoms with Crippen LogP contribution in [-0.2, 0) is 27.9 Å². The van der Waals surface area contributed by atoms with E-state index in [2.05, 4.69) is 26.0 Å². The molecule has 0 rings (SSSR count). The van der Waals surface area contributed by atoms with Crippen molar-refractivity contribution >= 4 is 13.8 Å². The molecular formula is C41H83NO7P+. The van der Waals surface area contributed by atoms with Gasteiger partial charge in [-0.1, -0.05) is 154 Å². The van der Waals surface area contributed by atoms with E-state index in [1.807, 2.05) is 21.1 Å². The standard InChI is InChI=1S/C41H82NO7P/c1-6-8-10-12-14-16-18-20-21-22-23-25-27-29-31-33-36-46-38-40(39-48-50(44,45)47-37-35-42(3,4)5)49-41(43)34-32-30-28-26-24-19-17-15-13-11-9-7-2/h20-21,40H,6-19,22-39H2,1-5H3/p+1/b21-20-. The highest BCUT2D eigenvalue weighted by atomic mass is 31.2. The van der Waals surface area contributed by atoms with Gasteiger partial charge < -0.3 is 18.9 Å². The van der Waals surface area contributed by atoms with Gasteiger partial charge in [-0.25, -0.2) is 4.57 Å². The number of hydrogen-bond acceptors (Lipinski definition) is 6. The van der Waals surface area contributed by atoms with Crippen LogP contribution in [0.2, 0.25) is 0 Å². The predicted molar refractivity (Wildman–Crippen MR) is 210 cm³/mol. The molecule has 9 heteroatoms. The number of unbranched alkanes of at least 4 members (excludes halogenated alkanes) is 23. The third kappa shape index (κ3) is 38.5. The molecule has 0 aromatic heterocycles. The maximum atomic E-state index is 12.6. The Morgan fingerprint density at radius 2 is 1.04 bits per heavy atom. The van der Waals surface area contributed by atoms with Gasteiger partial charge in [0.25, 0.3) is 0 Å². The van der Waals surface area contributed by atoms with Gasteiger partial charge in [-0.15, -0.1) is 0 Å². The molecule has 0 fully saturated rings. The summed E-state index contributed by atoms with van der Waals surface area (Å²) >= 11 is 0. The van der Waals surface area contributed by atoms with E-state index in [0.717, 1.165) is 32.1 Å². The Balaban J connectivity index is 4.24. The monoisotopic (exact) mass is 733 g/mol. The van der Waals surface area contributed by atoms with Crippen LogP contribution >= 0.6 is 7.82 Å². The van der Waals surface area contributed by atoms with E-state index in [-0.39, 0.29) is 25.8 Å². The molecule has 0 heterocycles. The second-order valence-corrected chi connectivity index (χ2v) is 16.8. The molecule has 0 saturated carbocycles. The lowest BCUT2D eigenvalue weighted by Gasteiger charge is -2.24. The Bertz CT molecular complexity index is 817. The van der Waals surface area contributed by atoms with Crippen LogP contribution in [0.4, 0.5) is 0 Å². The first-order valence-corrected chi connectivity index (χ1v) is 22.4. The van der Waals surface area contributed by atoms with E-state index < -0.39 is 13.9 Å². The van der Waals surface area contributed by atoms with Crippen LogP contribution in [0, 0.1) is 0 Å². The second-order valence-electron chi connectivity index (χ2n) is 15.4. The zero-order valence-corrected chi connectivity index (χ0v) is 34.5. The highest BCUT2D eigenvalue weighted by Gasteiger charge is 2.26. The van der Waals surface area contributed by atoms with E-state index >= 15 is 0 Å². The molecule has 2 atom stereocenters. The molecule has 0 saturated heterocycles. The zero-order valence-electron chi connectivity index (χ0n) is 33.7. The lowest BCUT2D eigenvalue weighted by molar-refractivity contribution is -0.870. The van der Waals surface area contributed by atoms with Crippen LogP contribution in [0.25, 0.3) is 0 Å². The fourth-order valence-corrected chi connectivity index (χ4v) is 6.52. The molecule has 0 spiro atoms. The van der Waals surface area contributed by atoms with Crippen molar-refractivity contribution in [2.75, 3.05) is 54.1 Å². The average Bonchev–Trinajstić information content (AvgIpc) is 3.06. The number of ether oxygens (including phenoxy) is 2. The van der Waals surface area contributed by atoms with Crippen molar-refractivity contribution in [1.29, 1.82) is 0 Å². The van der Waals surface area contributed by atoms with E-state index in [1.54, 1.807) is 0 Å². The minimum Gasteiger partial charge on any atom is -0.457 e. The van der Waals surface area contributed by atoms with Crippen LogP contribution in [0.3, 0.4) is 0 Å². The first-order chi connectivity index (χ1) is 24.1. The second kappa shape index (κ2) is 35.3. The minimum atomic E-state index is -4.26. The molecule has 2 unspecified atom stereocenters. The number of quaternary nitrogens is 1. The third-order valence-electron chi connectivity index (χ3n) is 9.08. The molecule has 50 heavy (non-hydrogen) atoms. The van der Waals surface area contributed by atoms with Crippen LogP contribution in [-0.4, -0.2) is 75.6 Å². The Kier molecular flexibility index (Phi) is 34.7. The number of phosphoric ester groups is 1. The van der Waals surface area contributed by atoms with Gasteiger partial charge in [-0.05, 0) is 38.5 Å². The molecule has 298 valence electrons. The fraction of sp³-hybridized carbons (Fsp3) is 0.927. The number of hydrogen-bond donors (Lipinski definition) is 1. The van der Waals surface area contributed by atoms with Gasteiger partial charge in [-0.3, -0.25) is 13.8 Å². The summed E-state index contributed by atoms with van der Waals surface area (Å²) in [6.07, 6.45) is 36.6. The minimum absolute atomic E-state index is 0.0904. The summed E-state index contributed by atoms with van der Waals surface area (Å²) in [4.78, 5) is 22.8. The number of allylic oxidation sites excluding steroid dienone is 2. The Hall–Kier alpha value is -0.760. The van der Waals surface area contributed by atoms with Crippen molar-refractivity contribution in [3.63, 3.8) is 0 Å². The maximum absolute atomic E-state index is 12.6. The third-order valence-corrected chi connectivity index (χ3v) is 10.1. The predicted octanol–water partition coefficient (Wildman–Crippen LogP) is 11.9. The molecule has 0 radical (unpaired) electrons. The number of esters is 1. The molecule has 0 bridgehead atoms. The number of phosphoric acid groups is 1. The average molecular weight is 733 g/mol. The largest absolute Gasteiger partial charge is 0.472 e. The summed E-state index contributed by atoms with van der Waals surface area (Å²) in [6.45, 7) is 5.62. The molecule has 8 nitrogen and oxygen atoms in total. The lowest BCUT2D eigenvalue weighted by atomic mass is 10.0. The van der Waals surface area contributed by atoms with Crippen molar-refractivity contribution in [2.24, 2.45) is 0 Å². The lowest BCUT2D eigenvalue weighted by Crippen LogP contribution is -2.37. The van der Waals surface area contributed by atoms with Crippen molar-refractivity contribution in [3.8, 4) is 0 Å². The molecule has 0 aliphatic rings. The van der Waals surface area contributed by atoms with Crippen LogP contribution in [0.5, 0.6) is 0 Å². The summed E-state index contributed by atoms with van der Waals surface area (Å²) < 4.78 is 34.9. The van der Waals surface area contributed by atoms with Crippen molar-refractivity contribution < 1.29 is 37.3 Å². The quantitative estimate of drug-likeness (QED) is 0.0221. The summed E-state index contributed by atoms with van der Waals surface area (Å²) in [7, 11) is 1.67. The highest BCUT2D eigenvalue weighted by Crippen LogP contribution is 2.43. The highest BCUT2D eigenvalue weighted by molar-refractivity contribution is 7.47. The normalized spacial score (nSPS) is 14.0. The summed E-state index contributed by atoms with van der Waals surface area (Å²) in [5.41, 5.74) is 0. The molecule has 0 aliphatic carbocycles. The number of nitrogens with zero attached hydrogens (tertiary/aromatic N) is 1. The van der Waals surface area contributed by atoms with Gasteiger partial charge >= 0.3 is 13.8 Å². The summed E-state index contributed by atoms with van der Waals surface area (Å²) in [6, 6.07) is 0. The fourth-order valence-electron chi connectivity index (χ4n) is 5.78. The molecule has 0 amide bonds. The van der Waals surface area contributed by atoms with E-state index in [9.17, 15) is 14.3 Å². The first-order valence-electron chi connectivity index (χ1n) is 20.9. The first kappa shape index (κ1) is 49.2. The topological polar surface area (TPSA) is 91.3 Å². The van der Waals surface area contributed by atoms with E-state index in [0.29, 0.717) is 24.1 Å². The van der Waals surface area contributed by atoms with E-state index in [1.165, 1.54) is 135 Å². The number of carbonyl (C=O) groups is 1. The summed E-state index contributed by atoms with van der Waals surface area (Å²) in [5.74, 6) is -0.315. The van der Waals surface area contributed by atoms with Gasteiger partial charge in [-0.2, -0.15) is 0 Å². The van der Waals surface area contributed by atoms with Gasteiger partial charge in [0.15, 0.2) is 0 Å². The number of likely N-dealkylation sites (N-methyl/N-ethyl adjacent to an activating group) is 1. The molecule has 0 aromatic carbocycles. The smallest absolute Gasteiger partial charge is 0.457 e. The SMILES string of the molecule is CCCCCCCC/C=C\CCCCCCCCOCC(COP(=O)(O)OCC[N+](C)(C)C)OC(=O)CCCCCCCCCCCCCC. The van der Waals surface area contributed by atoms with Crippen LogP contribution in [0.15, 0.2) is 12.2 Å². The van der Waals surface area contributed by atoms with Crippen molar-refractivity contribution in [1.82, 2.24) is 0 Å². The Morgan fingerprint density at radius 1 is 0.600 bits per heavy atom. The number of rotatable bonds is 39. The zero-order chi connectivity index (χ0) is 37.0. The molecule has 1 N–H and O–H groups in total. The maximum Gasteiger partial charge on any atom is 0.472 e. The van der Waals surface area contributed by atoms with Crippen LogP contribution in [0.1, 0.15) is 187 Å². The van der Waals surface area contributed by atoms with Crippen LogP contribution < -0.4 is 0 Å². The van der Waals surface area contributed by atoms with Gasteiger partial charge in [0, 0.05) is 13.0 Å². The summed E-state index contributed by atoms with van der Waals surface area (Å²) in [5, 5.41) is 0.